The fourth-order valence-corrected chi connectivity index (χ4v) is 2.90. The van der Waals surface area contributed by atoms with Crippen LogP contribution in [0.2, 0.25) is 5.02 Å². The van der Waals surface area contributed by atoms with Gasteiger partial charge in [-0.25, -0.2) is 4.98 Å². The van der Waals surface area contributed by atoms with Gasteiger partial charge in [-0.05, 0) is 31.2 Å². The smallest absolute Gasteiger partial charge is 0.282 e. The summed E-state index contributed by atoms with van der Waals surface area (Å²) < 4.78 is 0. The molecule has 0 spiro atoms. The molecule has 0 aliphatic heterocycles. The second kappa shape index (κ2) is 7.55. The number of nitro groups is 1. The summed E-state index contributed by atoms with van der Waals surface area (Å²) in [6.45, 7) is 1.99. The third-order valence-electron chi connectivity index (χ3n) is 4.06. The number of para-hydroxylation sites is 1. The van der Waals surface area contributed by atoms with Gasteiger partial charge in [0.2, 0.25) is 0 Å². The second-order valence-electron chi connectivity index (χ2n) is 5.77. The Labute approximate surface area is 158 Å². The minimum atomic E-state index is -0.631. The van der Waals surface area contributed by atoms with Crippen LogP contribution in [0, 0.1) is 10.1 Å². The number of H-pyrrole nitrogens is 1. The van der Waals surface area contributed by atoms with E-state index in [9.17, 15) is 19.7 Å². The molecular weight excluding hydrogens is 372 g/mol. The summed E-state index contributed by atoms with van der Waals surface area (Å²) in [5.41, 5.74) is -0.248. The van der Waals surface area contributed by atoms with Crippen molar-refractivity contribution in [2.24, 2.45) is 0 Å². The molecule has 1 amide bonds. The van der Waals surface area contributed by atoms with E-state index in [4.69, 9.17) is 11.6 Å². The number of carbonyl (C=O) groups is 1. The maximum Gasteiger partial charge on any atom is 0.282 e. The van der Waals surface area contributed by atoms with Crippen molar-refractivity contribution >= 4 is 34.1 Å². The van der Waals surface area contributed by atoms with Crippen molar-refractivity contribution in [1.82, 2.24) is 14.9 Å². The van der Waals surface area contributed by atoms with E-state index >= 15 is 0 Å². The number of hydrogen-bond donors (Lipinski definition) is 1. The van der Waals surface area contributed by atoms with Crippen molar-refractivity contribution in [3.8, 4) is 0 Å². The second-order valence-corrected chi connectivity index (χ2v) is 6.20. The highest BCUT2D eigenvalue weighted by Gasteiger charge is 2.25. The molecule has 1 heterocycles. The molecule has 0 bridgehead atoms. The fraction of sp³-hybridized carbons (Fsp3) is 0.167. The molecule has 3 rings (SSSR count). The Bertz CT molecular complexity index is 1100. The van der Waals surface area contributed by atoms with E-state index < -0.39 is 10.8 Å². The molecule has 9 heteroatoms. The molecule has 0 radical (unpaired) electrons. The third kappa shape index (κ3) is 3.80. The summed E-state index contributed by atoms with van der Waals surface area (Å²) >= 11 is 5.91. The van der Waals surface area contributed by atoms with Crippen molar-refractivity contribution in [2.45, 2.75) is 13.5 Å². The molecule has 0 aliphatic rings. The normalized spacial score (nSPS) is 10.7. The molecule has 0 unspecified atom stereocenters. The molecule has 0 saturated carbocycles. The summed E-state index contributed by atoms with van der Waals surface area (Å²) in [7, 11) is 0. The zero-order valence-electron chi connectivity index (χ0n) is 14.3. The van der Waals surface area contributed by atoms with Gasteiger partial charge in [-0.2, -0.15) is 0 Å². The number of halogens is 1. The van der Waals surface area contributed by atoms with E-state index in [2.05, 4.69) is 9.97 Å². The number of benzene rings is 2. The first-order chi connectivity index (χ1) is 12.9. The van der Waals surface area contributed by atoms with Gasteiger partial charge in [0, 0.05) is 17.6 Å². The molecule has 3 aromatic rings. The van der Waals surface area contributed by atoms with E-state index in [0.717, 1.165) is 0 Å². The Balaban J connectivity index is 1.97. The SMILES string of the molecule is CCN(Cc1nc2ccccc2c(=O)[nH]1)C(=O)c1cc(Cl)ccc1[N+](=O)[O-]. The molecule has 0 fully saturated rings. The molecule has 1 aromatic heterocycles. The highest BCUT2D eigenvalue weighted by Crippen LogP contribution is 2.24. The van der Waals surface area contributed by atoms with Gasteiger partial charge in [0.15, 0.2) is 0 Å². The first-order valence-electron chi connectivity index (χ1n) is 8.12. The van der Waals surface area contributed by atoms with Crippen molar-refractivity contribution in [1.29, 1.82) is 0 Å². The number of amides is 1. The minimum absolute atomic E-state index is 0.000917. The summed E-state index contributed by atoms with van der Waals surface area (Å²) in [6.07, 6.45) is 0. The van der Waals surface area contributed by atoms with Crippen molar-refractivity contribution in [2.75, 3.05) is 6.54 Å². The number of aromatic amines is 1. The zero-order valence-corrected chi connectivity index (χ0v) is 15.1. The molecule has 1 N–H and O–H groups in total. The maximum atomic E-state index is 12.8. The van der Waals surface area contributed by atoms with Gasteiger partial charge in [0.25, 0.3) is 17.2 Å². The average Bonchev–Trinajstić information content (AvgIpc) is 2.65. The molecule has 138 valence electrons. The van der Waals surface area contributed by atoms with Crippen molar-refractivity contribution < 1.29 is 9.72 Å². The number of fused-ring (bicyclic) bond motifs is 1. The van der Waals surface area contributed by atoms with E-state index in [1.807, 2.05) is 0 Å². The highest BCUT2D eigenvalue weighted by molar-refractivity contribution is 6.31. The quantitative estimate of drug-likeness (QED) is 0.535. The fourth-order valence-electron chi connectivity index (χ4n) is 2.73. The number of nitro benzene ring substituents is 1. The molecule has 27 heavy (non-hydrogen) atoms. The molecule has 8 nitrogen and oxygen atoms in total. The Morgan fingerprint density at radius 2 is 2.04 bits per heavy atom. The average molecular weight is 387 g/mol. The van der Waals surface area contributed by atoms with E-state index in [1.165, 1.54) is 23.1 Å². The molecule has 2 aromatic carbocycles. The number of carbonyl (C=O) groups excluding carboxylic acids is 1. The molecule has 0 saturated heterocycles. The van der Waals surface area contributed by atoms with Crippen LogP contribution < -0.4 is 5.56 Å². The Hall–Kier alpha value is -3.26. The predicted molar refractivity (Wildman–Crippen MR) is 101 cm³/mol. The highest BCUT2D eigenvalue weighted by atomic mass is 35.5. The minimum Gasteiger partial charge on any atom is -0.331 e. The Morgan fingerprint density at radius 3 is 2.74 bits per heavy atom. The Kier molecular flexibility index (Phi) is 5.18. The maximum absolute atomic E-state index is 12.8. The van der Waals surface area contributed by atoms with Crippen LogP contribution in [0.25, 0.3) is 10.9 Å². The lowest BCUT2D eigenvalue weighted by Gasteiger charge is -2.20. The lowest BCUT2D eigenvalue weighted by molar-refractivity contribution is -0.385. The van der Waals surface area contributed by atoms with Crippen LogP contribution in [-0.2, 0) is 6.54 Å². The van der Waals surface area contributed by atoms with Crippen molar-refractivity contribution in [3.63, 3.8) is 0 Å². The summed E-state index contributed by atoms with van der Waals surface area (Å²) in [5.74, 6) is -0.277. The number of rotatable bonds is 5. The topological polar surface area (TPSA) is 109 Å². The van der Waals surface area contributed by atoms with Gasteiger partial charge in [0.05, 0.1) is 22.4 Å². The monoisotopic (exact) mass is 386 g/mol. The summed E-state index contributed by atoms with van der Waals surface area (Å²) in [6, 6.07) is 10.7. The predicted octanol–water partition coefficient (Wildman–Crippen LogP) is 3.15. The van der Waals surface area contributed by atoms with Crippen LogP contribution in [0.4, 0.5) is 5.69 Å². The van der Waals surface area contributed by atoms with Gasteiger partial charge in [-0.15, -0.1) is 0 Å². The molecule has 0 atom stereocenters. The first-order valence-corrected chi connectivity index (χ1v) is 8.49. The van der Waals surface area contributed by atoms with Gasteiger partial charge in [0.1, 0.15) is 11.4 Å². The van der Waals surface area contributed by atoms with Gasteiger partial charge < -0.3 is 9.88 Å². The van der Waals surface area contributed by atoms with Gasteiger partial charge >= 0.3 is 0 Å². The zero-order chi connectivity index (χ0) is 19.6. The number of nitrogens with one attached hydrogen (secondary N) is 1. The summed E-state index contributed by atoms with van der Waals surface area (Å²) in [4.78, 5) is 44.0. The lowest BCUT2D eigenvalue weighted by Crippen LogP contribution is -2.32. The van der Waals surface area contributed by atoms with Gasteiger partial charge in [-0.1, -0.05) is 23.7 Å². The number of nitrogens with zero attached hydrogens (tertiary/aromatic N) is 3. The van der Waals surface area contributed by atoms with Crippen molar-refractivity contribution in [3.05, 3.63) is 79.3 Å². The van der Waals surface area contributed by atoms with Crippen LogP contribution in [0.1, 0.15) is 23.1 Å². The van der Waals surface area contributed by atoms with Gasteiger partial charge in [-0.3, -0.25) is 19.7 Å². The van der Waals surface area contributed by atoms with E-state index in [0.29, 0.717) is 16.7 Å². The Morgan fingerprint density at radius 1 is 1.30 bits per heavy atom. The van der Waals surface area contributed by atoms with Crippen LogP contribution in [0.15, 0.2) is 47.3 Å². The number of hydrogen-bond acceptors (Lipinski definition) is 5. The molecule has 0 aliphatic carbocycles. The lowest BCUT2D eigenvalue weighted by atomic mass is 10.1. The van der Waals surface area contributed by atoms with Crippen LogP contribution >= 0.6 is 11.6 Å². The van der Waals surface area contributed by atoms with Crippen LogP contribution in [0.3, 0.4) is 0 Å². The first kappa shape index (κ1) is 18.5. The standard InChI is InChI=1S/C18H15ClN4O4/c1-2-22(18(25)13-9-11(19)7-8-15(13)23(26)27)10-16-20-14-6-4-3-5-12(14)17(24)21-16/h3-9H,2,10H2,1H3,(H,20,21,24). The third-order valence-corrected chi connectivity index (χ3v) is 4.29. The largest absolute Gasteiger partial charge is 0.331 e. The number of aromatic nitrogens is 2. The van der Waals surface area contributed by atoms with Crippen LogP contribution in [0.5, 0.6) is 0 Å². The summed E-state index contributed by atoms with van der Waals surface area (Å²) in [5, 5.41) is 11.9. The van der Waals surface area contributed by atoms with Crippen LogP contribution in [-0.4, -0.2) is 32.2 Å². The van der Waals surface area contributed by atoms with E-state index in [-0.39, 0.29) is 34.9 Å². The van der Waals surface area contributed by atoms with E-state index in [1.54, 1.807) is 31.2 Å². The molecular formula is C18H15ClN4O4.